The average Bonchev–Trinajstić information content (AvgIpc) is 3.27. The van der Waals surface area contributed by atoms with Crippen LogP contribution in [0.5, 0.6) is 0 Å². The average molecular weight is 462 g/mol. The first-order valence-corrected chi connectivity index (χ1v) is 11.9. The van der Waals surface area contributed by atoms with E-state index in [-0.39, 0.29) is 16.7 Å². The number of para-hydroxylation sites is 1. The Morgan fingerprint density at radius 3 is 2.33 bits per heavy atom. The van der Waals surface area contributed by atoms with E-state index in [0.717, 1.165) is 12.1 Å². The molecule has 0 saturated heterocycles. The molecule has 3 aromatic carbocycles. The van der Waals surface area contributed by atoms with Gasteiger partial charge in [-0.05, 0) is 73.1 Å². The van der Waals surface area contributed by atoms with Crippen LogP contribution in [0.1, 0.15) is 21.5 Å². The summed E-state index contributed by atoms with van der Waals surface area (Å²) in [5.41, 5.74) is 3.92. The van der Waals surface area contributed by atoms with Gasteiger partial charge in [0.2, 0.25) is 15.9 Å². The van der Waals surface area contributed by atoms with Crippen LogP contribution in [0.25, 0.3) is 6.08 Å². The molecule has 0 saturated carbocycles. The topological polar surface area (TPSA) is 95.6 Å². The SMILES string of the molecule is CNS(=O)(=O)c1ccc(/C=C/C(=O)Nc2ccc(C(=O)N3CCc4ccccc43)cc2)cc1. The van der Waals surface area contributed by atoms with Gasteiger partial charge in [0.15, 0.2) is 0 Å². The zero-order valence-electron chi connectivity index (χ0n) is 18.0. The molecule has 0 bridgehead atoms. The van der Waals surface area contributed by atoms with Crippen molar-refractivity contribution in [1.29, 1.82) is 0 Å². The second-order valence-electron chi connectivity index (χ2n) is 7.51. The fraction of sp³-hybridized carbons (Fsp3) is 0.120. The Bertz CT molecular complexity index is 1310. The summed E-state index contributed by atoms with van der Waals surface area (Å²) in [6, 6.07) is 20.8. The second-order valence-corrected chi connectivity index (χ2v) is 9.40. The number of amides is 2. The number of sulfonamides is 1. The number of hydrogen-bond donors (Lipinski definition) is 2. The molecule has 0 unspecified atom stereocenters. The molecule has 8 heteroatoms. The Balaban J connectivity index is 1.37. The molecule has 0 spiro atoms. The molecule has 33 heavy (non-hydrogen) atoms. The fourth-order valence-electron chi connectivity index (χ4n) is 3.63. The van der Waals surface area contributed by atoms with Crippen LogP contribution in [0.2, 0.25) is 0 Å². The highest BCUT2D eigenvalue weighted by Crippen LogP contribution is 2.29. The first kappa shape index (κ1) is 22.4. The van der Waals surface area contributed by atoms with Gasteiger partial charge in [0, 0.05) is 29.6 Å². The van der Waals surface area contributed by atoms with Gasteiger partial charge in [0.1, 0.15) is 0 Å². The maximum absolute atomic E-state index is 12.9. The number of rotatable bonds is 6. The third-order valence-electron chi connectivity index (χ3n) is 5.42. The molecule has 2 amide bonds. The van der Waals surface area contributed by atoms with E-state index in [1.54, 1.807) is 47.4 Å². The van der Waals surface area contributed by atoms with Gasteiger partial charge in [-0.15, -0.1) is 0 Å². The maximum Gasteiger partial charge on any atom is 0.258 e. The molecule has 1 aliphatic rings. The standard InChI is InChI=1S/C25H23N3O4S/c1-26-33(31,32)22-13-6-18(7-14-22)8-15-24(29)27-21-11-9-20(10-12-21)25(30)28-17-16-19-4-2-3-5-23(19)28/h2-15,26H,16-17H2,1H3,(H,27,29)/b15-8+. The summed E-state index contributed by atoms with van der Waals surface area (Å²) in [6.45, 7) is 0.656. The monoisotopic (exact) mass is 461 g/mol. The zero-order chi connectivity index (χ0) is 23.4. The highest BCUT2D eigenvalue weighted by atomic mass is 32.2. The Morgan fingerprint density at radius 2 is 1.64 bits per heavy atom. The Morgan fingerprint density at radius 1 is 0.939 bits per heavy atom. The minimum absolute atomic E-state index is 0.0681. The molecule has 1 heterocycles. The number of nitrogens with one attached hydrogen (secondary N) is 2. The van der Waals surface area contributed by atoms with Crippen molar-refractivity contribution in [2.75, 3.05) is 23.8 Å². The number of anilines is 2. The predicted molar refractivity (Wildman–Crippen MR) is 129 cm³/mol. The van der Waals surface area contributed by atoms with E-state index >= 15 is 0 Å². The molecule has 7 nitrogen and oxygen atoms in total. The molecule has 4 rings (SSSR count). The van der Waals surface area contributed by atoms with Gasteiger partial charge in [-0.3, -0.25) is 9.59 Å². The minimum atomic E-state index is -3.50. The van der Waals surface area contributed by atoms with Gasteiger partial charge in [-0.25, -0.2) is 13.1 Å². The van der Waals surface area contributed by atoms with Crippen LogP contribution in [-0.4, -0.2) is 33.8 Å². The minimum Gasteiger partial charge on any atom is -0.323 e. The van der Waals surface area contributed by atoms with Crippen molar-refractivity contribution in [3.05, 3.63) is 95.6 Å². The van der Waals surface area contributed by atoms with Crippen LogP contribution >= 0.6 is 0 Å². The van der Waals surface area contributed by atoms with E-state index in [4.69, 9.17) is 0 Å². The Hall–Kier alpha value is -3.75. The third-order valence-corrected chi connectivity index (χ3v) is 6.85. The van der Waals surface area contributed by atoms with E-state index in [1.807, 2.05) is 24.3 Å². The van der Waals surface area contributed by atoms with Crippen molar-refractivity contribution in [2.24, 2.45) is 0 Å². The Kier molecular flexibility index (Phi) is 6.39. The van der Waals surface area contributed by atoms with Crippen LogP contribution in [0.3, 0.4) is 0 Å². The van der Waals surface area contributed by atoms with Crippen molar-refractivity contribution in [3.63, 3.8) is 0 Å². The molecular weight excluding hydrogens is 438 g/mol. The van der Waals surface area contributed by atoms with Gasteiger partial charge >= 0.3 is 0 Å². The van der Waals surface area contributed by atoms with E-state index in [0.29, 0.717) is 23.4 Å². The number of nitrogens with zero attached hydrogens (tertiary/aromatic N) is 1. The summed E-state index contributed by atoms with van der Waals surface area (Å²) in [6.07, 6.45) is 3.80. The number of carbonyl (C=O) groups is 2. The van der Waals surface area contributed by atoms with E-state index in [2.05, 4.69) is 10.0 Å². The van der Waals surface area contributed by atoms with Crippen molar-refractivity contribution in [2.45, 2.75) is 11.3 Å². The van der Waals surface area contributed by atoms with E-state index < -0.39 is 10.0 Å². The van der Waals surface area contributed by atoms with Gasteiger partial charge in [0.05, 0.1) is 4.90 Å². The number of carbonyl (C=O) groups excluding carboxylic acids is 2. The molecular formula is C25H23N3O4S. The molecule has 1 aliphatic heterocycles. The molecule has 168 valence electrons. The van der Waals surface area contributed by atoms with Crippen molar-refractivity contribution in [3.8, 4) is 0 Å². The Labute approximate surface area is 192 Å². The van der Waals surface area contributed by atoms with Crippen LogP contribution in [0, 0.1) is 0 Å². The summed E-state index contributed by atoms with van der Waals surface area (Å²) in [5, 5.41) is 2.75. The lowest BCUT2D eigenvalue weighted by Crippen LogP contribution is -2.28. The molecule has 0 fully saturated rings. The quantitative estimate of drug-likeness (QED) is 0.550. The van der Waals surface area contributed by atoms with E-state index in [1.165, 1.54) is 30.8 Å². The smallest absolute Gasteiger partial charge is 0.258 e. The van der Waals surface area contributed by atoms with Crippen molar-refractivity contribution in [1.82, 2.24) is 4.72 Å². The van der Waals surface area contributed by atoms with E-state index in [9.17, 15) is 18.0 Å². The van der Waals surface area contributed by atoms with Crippen LogP contribution in [0.15, 0.2) is 83.8 Å². The zero-order valence-corrected chi connectivity index (χ0v) is 18.8. The molecule has 0 radical (unpaired) electrons. The number of hydrogen-bond acceptors (Lipinski definition) is 4. The fourth-order valence-corrected chi connectivity index (χ4v) is 4.36. The number of fused-ring (bicyclic) bond motifs is 1. The molecule has 0 atom stereocenters. The highest BCUT2D eigenvalue weighted by molar-refractivity contribution is 7.89. The summed E-state index contributed by atoms with van der Waals surface area (Å²) >= 11 is 0. The second kappa shape index (κ2) is 9.40. The predicted octanol–water partition coefficient (Wildman–Crippen LogP) is 3.45. The molecule has 0 aliphatic carbocycles. The van der Waals surface area contributed by atoms with Crippen LogP contribution < -0.4 is 14.9 Å². The first-order valence-electron chi connectivity index (χ1n) is 10.4. The maximum atomic E-state index is 12.9. The van der Waals surface area contributed by atoms with Gasteiger partial charge < -0.3 is 10.2 Å². The van der Waals surface area contributed by atoms with Gasteiger partial charge in [-0.2, -0.15) is 0 Å². The third kappa shape index (κ3) is 5.02. The molecule has 3 aromatic rings. The summed E-state index contributed by atoms with van der Waals surface area (Å²) in [5.74, 6) is -0.407. The lowest BCUT2D eigenvalue weighted by atomic mass is 10.1. The summed E-state index contributed by atoms with van der Waals surface area (Å²) in [4.78, 5) is 27.1. The van der Waals surface area contributed by atoms with Crippen LogP contribution in [0.4, 0.5) is 11.4 Å². The van der Waals surface area contributed by atoms with Gasteiger partial charge in [0.25, 0.3) is 5.91 Å². The van der Waals surface area contributed by atoms with Gasteiger partial charge in [-0.1, -0.05) is 30.3 Å². The van der Waals surface area contributed by atoms with Crippen molar-refractivity contribution >= 4 is 39.3 Å². The lowest BCUT2D eigenvalue weighted by molar-refractivity contribution is -0.111. The van der Waals surface area contributed by atoms with Crippen molar-refractivity contribution < 1.29 is 18.0 Å². The summed E-state index contributed by atoms with van der Waals surface area (Å²) in [7, 11) is -2.15. The van der Waals surface area contributed by atoms with Crippen LogP contribution in [-0.2, 0) is 21.2 Å². The lowest BCUT2D eigenvalue weighted by Gasteiger charge is -2.17. The largest absolute Gasteiger partial charge is 0.323 e. The molecule has 0 aromatic heterocycles. The first-order chi connectivity index (χ1) is 15.9. The normalized spacial score (nSPS) is 13.2. The summed E-state index contributed by atoms with van der Waals surface area (Å²) < 4.78 is 25.8. The number of benzene rings is 3. The highest BCUT2D eigenvalue weighted by Gasteiger charge is 2.24. The molecule has 2 N–H and O–H groups in total.